The Morgan fingerprint density at radius 1 is 1.28 bits per heavy atom. The minimum atomic E-state index is 0.136. The van der Waals surface area contributed by atoms with Crippen LogP contribution in [0.4, 0.5) is 0 Å². The Kier molecular flexibility index (Phi) is 6.26. The molecule has 0 fully saturated rings. The topological polar surface area (TPSA) is 38.3 Å². The molecule has 0 aliphatic carbocycles. The standard InChI is InChI=1S/C15H23NO2/c1-4-5-15(17)16-11-10-13-6-8-14(9-7-13)18-12(2)3/h6-9,12H,4-5,10-11H2,1-3H3,(H,16,17). The number of amides is 1. The molecule has 100 valence electrons. The number of carbonyl (C=O) groups is 1. The highest BCUT2D eigenvalue weighted by atomic mass is 16.5. The van der Waals surface area contributed by atoms with Crippen LogP contribution in [0.1, 0.15) is 39.2 Å². The maximum absolute atomic E-state index is 11.3. The van der Waals surface area contributed by atoms with Crippen LogP contribution in [0.3, 0.4) is 0 Å². The van der Waals surface area contributed by atoms with Crippen LogP contribution < -0.4 is 10.1 Å². The maximum atomic E-state index is 11.3. The molecule has 0 bridgehead atoms. The van der Waals surface area contributed by atoms with E-state index in [0.717, 1.165) is 18.6 Å². The van der Waals surface area contributed by atoms with Crippen LogP contribution in [0.5, 0.6) is 5.75 Å². The fraction of sp³-hybridized carbons (Fsp3) is 0.533. The maximum Gasteiger partial charge on any atom is 0.219 e. The molecule has 0 heterocycles. The number of hydrogen-bond acceptors (Lipinski definition) is 2. The van der Waals surface area contributed by atoms with Gasteiger partial charge in [-0.15, -0.1) is 0 Å². The van der Waals surface area contributed by atoms with E-state index in [0.29, 0.717) is 13.0 Å². The number of hydrogen-bond donors (Lipinski definition) is 1. The van der Waals surface area contributed by atoms with Crippen molar-refractivity contribution in [1.82, 2.24) is 5.32 Å². The molecule has 0 aliphatic heterocycles. The van der Waals surface area contributed by atoms with E-state index in [4.69, 9.17) is 4.74 Å². The molecule has 1 N–H and O–H groups in total. The monoisotopic (exact) mass is 249 g/mol. The van der Waals surface area contributed by atoms with Crippen LogP contribution in [0.2, 0.25) is 0 Å². The van der Waals surface area contributed by atoms with Crippen molar-refractivity contribution in [1.29, 1.82) is 0 Å². The van der Waals surface area contributed by atoms with Gasteiger partial charge in [-0.3, -0.25) is 4.79 Å². The Labute approximate surface area is 110 Å². The normalized spacial score (nSPS) is 10.4. The van der Waals surface area contributed by atoms with Gasteiger partial charge >= 0.3 is 0 Å². The highest BCUT2D eigenvalue weighted by molar-refractivity contribution is 5.75. The molecule has 0 saturated heterocycles. The second-order valence-electron chi connectivity index (χ2n) is 4.66. The fourth-order valence-electron chi connectivity index (χ4n) is 1.67. The van der Waals surface area contributed by atoms with E-state index in [2.05, 4.69) is 5.32 Å². The molecule has 0 unspecified atom stereocenters. The highest BCUT2D eigenvalue weighted by Crippen LogP contribution is 2.13. The predicted octanol–water partition coefficient (Wildman–Crippen LogP) is 2.93. The summed E-state index contributed by atoms with van der Waals surface area (Å²) in [4.78, 5) is 11.3. The number of rotatable bonds is 7. The quantitative estimate of drug-likeness (QED) is 0.807. The minimum absolute atomic E-state index is 0.136. The number of nitrogens with one attached hydrogen (secondary N) is 1. The highest BCUT2D eigenvalue weighted by Gasteiger charge is 2.00. The predicted molar refractivity (Wildman–Crippen MR) is 73.8 cm³/mol. The molecule has 0 atom stereocenters. The van der Waals surface area contributed by atoms with Crippen molar-refractivity contribution >= 4 is 5.91 Å². The van der Waals surface area contributed by atoms with Gasteiger partial charge in [0.25, 0.3) is 0 Å². The first kappa shape index (κ1) is 14.6. The molecule has 18 heavy (non-hydrogen) atoms. The van der Waals surface area contributed by atoms with Gasteiger partial charge in [0.1, 0.15) is 5.75 Å². The lowest BCUT2D eigenvalue weighted by atomic mass is 10.1. The third kappa shape index (κ3) is 5.71. The van der Waals surface area contributed by atoms with Gasteiger partial charge in [0.2, 0.25) is 5.91 Å². The summed E-state index contributed by atoms with van der Waals surface area (Å²) in [5.41, 5.74) is 1.21. The van der Waals surface area contributed by atoms with Crippen molar-refractivity contribution in [3.63, 3.8) is 0 Å². The molecule has 0 radical (unpaired) electrons. The van der Waals surface area contributed by atoms with Crippen LogP contribution in [0, 0.1) is 0 Å². The summed E-state index contributed by atoms with van der Waals surface area (Å²) in [5.74, 6) is 1.03. The van der Waals surface area contributed by atoms with Gasteiger partial charge in [-0.05, 0) is 44.4 Å². The molecular formula is C15H23NO2. The summed E-state index contributed by atoms with van der Waals surface area (Å²) in [7, 11) is 0. The first-order valence-electron chi connectivity index (χ1n) is 6.64. The van der Waals surface area contributed by atoms with Gasteiger partial charge in [-0.25, -0.2) is 0 Å². The smallest absolute Gasteiger partial charge is 0.219 e. The third-order valence-electron chi connectivity index (χ3n) is 2.51. The average Bonchev–Trinajstić information content (AvgIpc) is 2.31. The summed E-state index contributed by atoms with van der Waals surface area (Å²) in [5, 5.41) is 2.91. The van der Waals surface area contributed by atoms with Crippen LogP contribution >= 0.6 is 0 Å². The van der Waals surface area contributed by atoms with E-state index in [1.54, 1.807) is 0 Å². The lowest BCUT2D eigenvalue weighted by Crippen LogP contribution is -2.25. The van der Waals surface area contributed by atoms with Crippen molar-refractivity contribution in [2.24, 2.45) is 0 Å². The molecule has 1 amide bonds. The fourth-order valence-corrected chi connectivity index (χ4v) is 1.67. The zero-order valence-electron chi connectivity index (χ0n) is 11.5. The van der Waals surface area contributed by atoms with E-state index in [1.807, 2.05) is 45.0 Å². The minimum Gasteiger partial charge on any atom is -0.491 e. The summed E-state index contributed by atoms with van der Waals surface area (Å²) in [6, 6.07) is 8.04. The average molecular weight is 249 g/mol. The Morgan fingerprint density at radius 2 is 1.94 bits per heavy atom. The first-order valence-corrected chi connectivity index (χ1v) is 6.64. The summed E-state index contributed by atoms with van der Waals surface area (Å²) in [6.45, 7) is 6.73. The lowest BCUT2D eigenvalue weighted by Gasteiger charge is -2.10. The van der Waals surface area contributed by atoms with Crippen LogP contribution in [-0.2, 0) is 11.2 Å². The van der Waals surface area contributed by atoms with Crippen LogP contribution in [0.25, 0.3) is 0 Å². The number of ether oxygens (including phenoxy) is 1. The SMILES string of the molecule is CCCC(=O)NCCc1ccc(OC(C)C)cc1. The summed E-state index contributed by atoms with van der Waals surface area (Å²) < 4.78 is 5.57. The van der Waals surface area contributed by atoms with Gasteiger partial charge in [0, 0.05) is 13.0 Å². The van der Waals surface area contributed by atoms with Gasteiger partial charge in [-0.2, -0.15) is 0 Å². The third-order valence-corrected chi connectivity index (χ3v) is 2.51. The van der Waals surface area contributed by atoms with E-state index in [1.165, 1.54) is 5.56 Å². The number of carbonyl (C=O) groups excluding carboxylic acids is 1. The molecule has 1 aromatic rings. The summed E-state index contributed by atoms with van der Waals surface area (Å²) >= 11 is 0. The van der Waals surface area contributed by atoms with E-state index in [9.17, 15) is 4.79 Å². The molecular weight excluding hydrogens is 226 g/mol. The van der Waals surface area contributed by atoms with Crippen molar-refractivity contribution in [2.45, 2.75) is 46.1 Å². The lowest BCUT2D eigenvalue weighted by molar-refractivity contribution is -0.121. The van der Waals surface area contributed by atoms with E-state index in [-0.39, 0.29) is 12.0 Å². The molecule has 3 heteroatoms. The number of benzene rings is 1. The molecule has 0 aromatic heterocycles. The van der Waals surface area contributed by atoms with Gasteiger partial charge in [0.15, 0.2) is 0 Å². The second kappa shape index (κ2) is 7.75. The van der Waals surface area contributed by atoms with Crippen molar-refractivity contribution in [3.05, 3.63) is 29.8 Å². The Balaban J connectivity index is 2.33. The molecule has 3 nitrogen and oxygen atoms in total. The van der Waals surface area contributed by atoms with E-state index < -0.39 is 0 Å². The van der Waals surface area contributed by atoms with Gasteiger partial charge in [0.05, 0.1) is 6.10 Å². The zero-order chi connectivity index (χ0) is 13.4. The van der Waals surface area contributed by atoms with Gasteiger partial charge in [-0.1, -0.05) is 19.1 Å². The Morgan fingerprint density at radius 3 is 2.50 bits per heavy atom. The van der Waals surface area contributed by atoms with Crippen LogP contribution in [0.15, 0.2) is 24.3 Å². The molecule has 1 aromatic carbocycles. The molecule has 0 saturated carbocycles. The van der Waals surface area contributed by atoms with Crippen molar-refractivity contribution < 1.29 is 9.53 Å². The molecule has 0 aliphatic rings. The van der Waals surface area contributed by atoms with Gasteiger partial charge < -0.3 is 10.1 Å². The van der Waals surface area contributed by atoms with Crippen molar-refractivity contribution in [2.75, 3.05) is 6.54 Å². The van der Waals surface area contributed by atoms with Crippen molar-refractivity contribution in [3.8, 4) is 5.75 Å². The molecule has 1 rings (SSSR count). The zero-order valence-corrected chi connectivity index (χ0v) is 11.5. The first-order chi connectivity index (χ1) is 8.61. The second-order valence-corrected chi connectivity index (χ2v) is 4.66. The Bertz CT molecular complexity index is 357. The Hall–Kier alpha value is -1.51. The van der Waals surface area contributed by atoms with Crippen LogP contribution in [-0.4, -0.2) is 18.6 Å². The largest absolute Gasteiger partial charge is 0.491 e. The molecule has 0 spiro atoms. The summed E-state index contributed by atoms with van der Waals surface area (Å²) in [6.07, 6.45) is 2.57. The van der Waals surface area contributed by atoms with E-state index >= 15 is 0 Å².